The van der Waals surface area contributed by atoms with E-state index >= 15 is 0 Å². The van der Waals surface area contributed by atoms with Gasteiger partial charge in [-0.15, -0.1) is 0 Å². The number of fused-ring (bicyclic) bond motifs is 7. The molecule has 0 aromatic heterocycles. The fourth-order valence-corrected chi connectivity index (χ4v) is 11.3. The van der Waals surface area contributed by atoms with E-state index in [1.165, 1.54) is 50.5 Å². The lowest BCUT2D eigenvalue weighted by Crippen LogP contribution is -2.66. The summed E-state index contributed by atoms with van der Waals surface area (Å²) in [6.45, 7) is 19.3. The summed E-state index contributed by atoms with van der Waals surface area (Å²) in [5.41, 5.74) is 2.29. The Balaban J connectivity index is 1.55. The fourth-order valence-electron chi connectivity index (χ4n) is 11.3. The number of allylic oxidation sites excluding steroid dienone is 1. The van der Waals surface area contributed by atoms with Gasteiger partial charge in [-0.3, -0.25) is 4.79 Å². The fraction of sp³-hybridized carbons (Fsp3) is 0.900. The van der Waals surface area contributed by atoms with Crippen LogP contribution in [0.5, 0.6) is 0 Å². The van der Waals surface area contributed by atoms with Crippen LogP contribution in [0.3, 0.4) is 0 Å². The van der Waals surface area contributed by atoms with Crippen molar-refractivity contribution in [2.24, 2.45) is 56.7 Å². The molecule has 8 unspecified atom stereocenters. The van der Waals surface area contributed by atoms with Crippen molar-refractivity contribution in [1.82, 2.24) is 0 Å². The van der Waals surface area contributed by atoms with Crippen LogP contribution in [0, 0.1) is 56.7 Å². The minimum atomic E-state index is -0.534. The van der Waals surface area contributed by atoms with E-state index in [1.807, 2.05) is 0 Å². The minimum Gasteiger partial charge on any atom is -0.395 e. The molecule has 0 spiro atoms. The van der Waals surface area contributed by atoms with Gasteiger partial charge in [-0.25, -0.2) is 0 Å². The molecule has 0 heterocycles. The summed E-state index contributed by atoms with van der Waals surface area (Å²) >= 11 is 0. The molecule has 0 aliphatic heterocycles. The van der Waals surface area contributed by atoms with Gasteiger partial charge in [0.25, 0.3) is 0 Å². The van der Waals surface area contributed by atoms with Gasteiger partial charge in [0.2, 0.25) is 0 Å². The third kappa shape index (κ3) is 2.60. The topological polar surface area (TPSA) is 37.3 Å². The average Bonchev–Trinajstić information content (AvgIpc) is 3.09. The predicted octanol–water partition coefficient (Wildman–Crippen LogP) is 7.21. The van der Waals surface area contributed by atoms with Crippen molar-refractivity contribution < 1.29 is 9.90 Å². The summed E-state index contributed by atoms with van der Waals surface area (Å²) in [6.07, 6.45) is 12.2. The highest BCUT2D eigenvalue weighted by molar-refractivity contribution is 5.86. The third-order valence-electron chi connectivity index (χ3n) is 13.4. The van der Waals surface area contributed by atoms with Crippen molar-refractivity contribution in [2.45, 2.75) is 106 Å². The lowest BCUT2D eigenvalue weighted by atomic mass is 9.32. The Morgan fingerprint density at radius 2 is 1.62 bits per heavy atom. The van der Waals surface area contributed by atoms with Gasteiger partial charge in [0.1, 0.15) is 5.78 Å². The number of aliphatic hydroxyl groups is 1. The molecule has 5 fully saturated rings. The summed E-state index contributed by atoms with van der Waals surface area (Å²) in [7, 11) is 0. The smallest absolute Gasteiger partial charge is 0.141 e. The molecule has 180 valence electrons. The van der Waals surface area contributed by atoms with Crippen LogP contribution in [-0.4, -0.2) is 17.5 Å². The van der Waals surface area contributed by atoms with Crippen molar-refractivity contribution in [1.29, 1.82) is 0 Å². The van der Waals surface area contributed by atoms with Gasteiger partial charge in [0, 0.05) is 6.42 Å². The predicted molar refractivity (Wildman–Crippen MR) is 131 cm³/mol. The van der Waals surface area contributed by atoms with Crippen molar-refractivity contribution in [2.75, 3.05) is 6.61 Å². The Bertz CT molecular complexity index is 831. The first-order valence-corrected chi connectivity index (χ1v) is 13.7. The molecule has 2 nitrogen and oxygen atoms in total. The molecule has 1 N–H and O–H groups in total. The van der Waals surface area contributed by atoms with Crippen LogP contribution >= 0.6 is 0 Å². The monoisotopic (exact) mass is 440 g/mol. The Hall–Kier alpha value is -0.630. The first-order chi connectivity index (χ1) is 14.9. The lowest BCUT2D eigenvalue weighted by molar-refractivity contribution is -0.236. The normalized spacial score (nSPS) is 57.2. The number of Topliss-reactive ketones (excluding diaryl/α,β-unsaturated/α-hetero) is 1. The third-order valence-corrected chi connectivity index (χ3v) is 13.4. The molecule has 0 aromatic rings. The van der Waals surface area contributed by atoms with Gasteiger partial charge in [0.05, 0.1) is 12.0 Å². The molecule has 0 bridgehead atoms. The van der Waals surface area contributed by atoms with Crippen LogP contribution in [0.25, 0.3) is 0 Å². The molecule has 32 heavy (non-hydrogen) atoms. The Labute approximate surface area is 197 Å². The second kappa shape index (κ2) is 6.96. The number of hydrogen-bond acceptors (Lipinski definition) is 2. The van der Waals surface area contributed by atoms with Gasteiger partial charge in [-0.2, -0.15) is 0 Å². The van der Waals surface area contributed by atoms with E-state index in [0.717, 1.165) is 24.7 Å². The molecule has 2 heteroatoms. The zero-order chi connectivity index (χ0) is 23.3. The number of ketones is 1. The lowest BCUT2D eigenvalue weighted by Gasteiger charge is -2.72. The number of carbonyl (C=O) groups is 1. The molecule has 5 saturated carbocycles. The SMILES string of the molecule is C=C(C)C1CCC2(C)CC[C@@]3(C)C(CCC4C5(C)CCC(=O)C(C)(CO)C5CC[C@]43C)C12. The summed E-state index contributed by atoms with van der Waals surface area (Å²) in [6, 6.07) is 0. The van der Waals surface area contributed by atoms with Crippen molar-refractivity contribution in [3.05, 3.63) is 12.2 Å². The van der Waals surface area contributed by atoms with Gasteiger partial charge >= 0.3 is 0 Å². The van der Waals surface area contributed by atoms with Crippen LogP contribution in [0.4, 0.5) is 0 Å². The summed E-state index contributed by atoms with van der Waals surface area (Å²) in [5.74, 6) is 3.64. The van der Waals surface area contributed by atoms with Gasteiger partial charge in [-0.1, -0.05) is 46.8 Å². The van der Waals surface area contributed by atoms with E-state index in [1.54, 1.807) is 0 Å². The van der Waals surface area contributed by atoms with Gasteiger partial charge < -0.3 is 5.11 Å². The highest BCUT2D eigenvalue weighted by Gasteiger charge is 2.70. The molecule has 5 aliphatic carbocycles. The summed E-state index contributed by atoms with van der Waals surface area (Å²) in [4.78, 5) is 13.0. The molecule has 10 atom stereocenters. The quantitative estimate of drug-likeness (QED) is 0.461. The minimum absolute atomic E-state index is 0.0239. The van der Waals surface area contributed by atoms with E-state index in [2.05, 4.69) is 48.1 Å². The summed E-state index contributed by atoms with van der Waals surface area (Å²) < 4.78 is 0. The zero-order valence-electron chi connectivity index (χ0n) is 21.7. The van der Waals surface area contributed by atoms with Crippen molar-refractivity contribution in [3.63, 3.8) is 0 Å². The number of aliphatic hydroxyl groups excluding tert-OH is 1. The highest BCUT2D eigenvalue weighted by atomic mass is 16.3. The zero-order valence-corrected chi connectivity index (χ0v) is 21.7. The number of carbonyl (C=O) groups excluding carboxylic acids is 1. The molecule has 0 amide bonds. The van der Waals surface area contributed by atoms with E-state index in [-0.39, 0.29) is 12.0 Å². The maximum atomic E-state index is 13.0. The van der Waals surface area contributed by atoms with Crippen molar-refractivity contribution >= 4 is 5.78 Å². The summed E-state index contributed by atoms with van der Waals surface area (Å²) in [5, 5.41) is 10.4. The average molecular weight is 441 g/mol. The standard InChI is InChI=1S/C30H48O2/c1-19(2)20-10-13-26(3)16-17-29(6)21(25(20)26)8-9-23-27(4)14-12-24(32)28(5,18-31)22(27)11-15-30(23,29)7/h20-23,25,31H,1,8-18H2,2-7H3/t20?,21?,22?,23?,25?,26?,27?,28?,29-,30+/m0/s1. The molecule has 0 saturated heterocycles. The van der Waals surface area contributed by atoms with E-state index in [9.17, 15) is 9.90 Å². The first kappa shape index (κ1) is 23.1. The van der Waals surface area contributed by atoms with E-state index in [4.69, 9.17) is 0 Å². The van der Waals surface area contributed by atoms with Crippen LogP contribution in [0.15, 0.2) is 12.2 Å². The Kier molecular flexibility index (Phi) is 5.03. The maximum absolute atomic E-state index is 13.0. The molecule has 5 rings (SSSR count). The second-order valence-corrected chi connectivity index (χ2v) is 14.3. The molecular weight excluding hydrogens is 392 g/mol. The van der Waals surface area contributed by atoms with E-state index in [0.29, 0.717) is 46.2 Å². The molecule has 5 aliphatic rings. The van der Waals surface area contributed by atoms with E-state index < -0.39 is 5.41 Å². The van der Waals surface area contributed by atoms with Crippen molar-refractivity contribution in [3.8, 4) is 0 Å². The number of hydrogen-bond donors (Lipinski definition) is 1. The second-order valence-electron chi connectivity index (χ2n) is 14.3. The Morgan fingerprint density at radius 1 is 0.906 bits per heavy atom. The molecular formula is C30H48O2. The van der Waals surface area contributed by atoms with Crippen LogP contribution in [0.1, 0.15) is 106 Å². The van der Waals surface area contributed by atoms with Crippen LogP contribution in [0.2, 0.25) is 0 Å². The first-order valence-electron chi connectivity index (χ1n) is 13.7. The van der Waals surface area contributed by atoms with Gasteiger partial charge in [-0.05, 0) is 116 Å². The maximum Gasteiger partial charge on any atom is 0.141 e. The Morgan fingerprint density at radius 3 is 2.28 bits per heavy atom. The molecule has 0 radical (unpaired) electrons. The highest BCUT2D eigenvalue weighted by Crippen LogP contribution is 2.77. The van der Waals surface area contributed by atoms with Crippen LogP contribution in [-0.2, 0) is 4.79 Å². The number of rotatable bonds is 2. The van der Waals surface area contributed by atoms with Gasteiger partial charge in [0.15, 0.2) is 0 Å². The van der Waals surface area contributed by atoms with Crippen LogP contribution < -0.4 is 0 Å². The largest absolute Gasteiger partial charge is 0.395 e. The molecule has 0 aromatic carbocycles.